The molecule has 2 N–H and O–H groups in total. The van der Waals surface area contributed by atoms with Crippen molar-refractivity contribution in [1.29, 1.82) is 0 Å². The van der Waals surface area contributed by atoms with Gasteiger partial charge in [0.15, 0.2) is 0 Å². The number of methoxy groups -OCH3 is 1. The zero-order chi connectivity index (χ0) is 13.8. The molecule has 6 nitrogen and oxygen atoms in total. The minimum absolute atomic E-state index is 0.0864. The van der Waals surface area contributed by atoms with Gasteiger partial charge >= 0.3 is 5.97 Å². The fraction of sp³-hybridized carbons (Fsp3) is 0.231. The Balaban J connectivity index is 2.13. The molecule has 0 atom stereocenters. The minimum Gasteiger partial charge on any atom is -0.497 e. The smallest absolute Gasteiger partial charge is 0.322 e. The average molecular weight is 262 g/mol. The standard InChI is InChI=1S/C13H14N2O4/c1-19-10-2-3-11-9(6-10)4-5-15(11)8-12(16)14-7-13(17)18/h2-6H,7-8H2,1H3,(H,14,16)(H,17,18). The molecule has 2 rings (SSSR count). The highest BCUT2D eigenvalue weighted by Crippen LogP contribution is 2.21. The number of carboxylic acids is 1. The molecule has 0 spiro atoms. The van der Waals surface area contributed by atoms with Crippen molar-refractivity contribution in [2.24, 2.45) is 0 Å². The Labute approximate surface area is 109 Å². The maximum Gasteiger partial charge on any atom is 0.322 e. The van der Waals surface area contributed by atoms with E-state index in [0.29, 0.717) is 0 Å². The van der Waals surface area contributed by atoms with Gasteiger partial charge in [-0.3, -0.25) is 9.59 Å². The second-order valence-corrected chi connectivity index (χ2v) is 4.04. The predicted octanol–water partition coefficient (Wildman–Crippen LogP) is 0.851. The number of benzene rings is 1. The summed E-state index contributed by atoms with van der Waals surface area (Å²) in [4.78, 5) is 21.9. The summed E-state index contributed by atoms with van der Waals surface area (Å²) in [5.74, 6) is -0.647. The van der Waals surface area contributed by atoms with E-state index < -0.39 is 5.97 Å². The van der Waals surface area contributed by atoms with Crippen molar-refractivity contribution in [3.05, 3.63) is 30.5 Å². The summed E-state index contributed by atoms with van der Waals surface area (Å²) in [6.07, 6.45) is 1.78. The van der Waals surface area contributed by atoms with Gasteiger partial charge in [-0.05, 0) is 24.3 Å². The highest BCUT2D eigenvalue weighted by Gasteiger charge is 2.08. The summed E-state index contributed by atoms with van der Waals surface area (Å²) < 4.78 is 6.88. The van der Waals surface area contributed by atoms with Crippen molar-refractivity contribution in [3.63, 3.8) is 0 Å². The van der Waals surface area contributed by atoms with E-state index in [0.717, 1.165) is 16.7 Å². The molecule has 0 saturated carbocycles. The van der Waals surface area contributed by atoms with Gasteiger partial charge in [-0.2, -0.15) is 0 Å². The van der Waals surface area contributed by atoms with Gasteiger partial charge in [0.1, 0.15) is 18.8 Å². The number of carbonyl (C=O) groups excluding carboxylic acids is 1. The summed E-state index contributed by atoms with van der Waals surface area (Å²) in [5.41, 5.74) is 0.895. The molecule has 0 aliphatic rings. The van der Waals surface area contributed by atoms with Crippen LogP contribution >= 0.6 is 0 Å². The fourth-order valence-corrected chi connectivity index (χ4v) is 1.83. The van der Waals surface area contributed by atoms with E-state index in [9.17, 15) is 9.59 Å². The fourth-order valence-electron chi connectivity index (χ4n) is 1.83. The van der Waals surface area contributed by atoms with E-state index in [1.54, 1.807) is 17.9 Å². The first kappa shape index (κ1) is 12.9. The summed E-state index contributed by atoms with van der Waals surface area (Å²) in [6, 6.07) is 7.43. The second kappa shape index (κ2) is 5.43. The van der Waals surface area contributed by atoms with Gasteiger partial charge in [0.2, 0.25) is 5.91 Å². The van der Waals surface area contributed by atoms with Crippen molar-refractivity contribution in [2.45, 2.75) is 6.54 Å². The Morgan fingerprint density at radius 3 is 2.84 bits per heavy atom. The zero-order valence-electron chi connectivity index (χ0n) is 10.4. The van der Waals surface area contributed by atoms with Crippen LogP contribution in [0.2, 0.25) is 0 Å². The lowest BCUT2D eigenvalue weighted by atomic mass is 10.2. The molecule has 6 heteroatoms. The maximum absolute atomic E-state index is 11.6. The molecule has 1 amide bonds. The molecule has 0 aliphatic heterocycles. The van der Waals surface area contributed by atoms with Crippen LogP contribution in [0.1, 0.15) is 0 Å². The molecule has 1 aromatic heterocycles. The number of rotatable bonds is 5. The summed E-state index contributed by atoms with van der Waals surface area (Å²) in [7, 11) is 1.59. The lowest BCUT2D eigenvalue weighted by Crippen LogP contribution is -2.31. The molecule has 1 aromatic carbocycles. The number of ether oxygens (including phenoxy) is 1. The van der Waals surface area contributed by atoms with Crippen LogP contribution in [-0.2, 0) is 16.1 Å². The number of hydrogen-bond acceptors (Lipinski definition) is 3. The predicted molar refractivity (Wildman–Crippen MR) is 69.1 cm³/mol. The van der Waals surface area contributed by atoms with Gasteiger partial charge in [-0.1, -0.05) is 0 Å². The Hall–Kier alpha value is -2.50. The Morgan fingerprint density at radius 1 is 1.37 bits per heavy atom. The quantitative estimate of drug-likeness (QED) is 0.837. The number of carboxylic acid groups (broad SMARTS) is 1. The summed E-state index contributed by atoms with van der Waals surface area (Å²) >= 11 is 0. The normalized spacial score (nSPS) is 10.4. The molecule has 0 bridgehead atoms. The van der Waals surface area contributed by atoms with Crippen LogP contribution < -0.4 is 10.1 Å². The van der Waals surface area contributed by atoms with E-state index in [4.69, 9.17) is 9.84 Å². The number of aliphatic carboxylic acids is 1. The lowest BCUT2D eigenvalue weighted by molar-refractivity contribution is -0.138. The first-order valence-electron chi connectivity index (χ1n) is 5.71. The Morgan fingerprint density at radius 2 is 2.16 bits per heavy atom. The largest absolute Gasteiger partial charge is 0.497 e. The molecule has 0 saturated heterocycles. The van der Waals surface area contributed by atoms with E-state index in [1.807, 2.05) is 24.3 Å². The molecule has 0 radical (unpaired) electrons. The molecule has 2 aromatic rings. The topological polar surface area (TPSA) is 80.6 Å². The van der Waals surface area contributed by atoms with Crippen LogP contribution in [0.3, 0.4) is 0 Å². The third-order valence-electron chi connectivity index (χ3n) is 2.73. The van der Waals surface area contributed by atoms with Crippen LogP contribution in [-0.4, -0.2) is 35.2 Å². The van der Waals surface area contributed by atoms with E-state index >= 15 is 0 Å². The highest BCUT2D eigenvalue weighted by molar-refractivity contribution is 5.85. The SMILES string of the molecule is COc1ccc2c(ccn2CC(=O)NCC(=O)O)c1. The van der Waals surface area contributed by atoms with Crippen LogP contribution in [0.5, 0.6) is 5.75 Å². The highest BCUT2D eigenvalue weighted by atomic mass is 16.5. The van der Waals surface area contributed by atoms with Crippen LogP contribution in [0.25, 0.3) is 10.9 Å². The van der Waals surface area contributed by atoms with Gasteiger partial charge in [0, 0.05) is 17.1 Å². The number of nitrogens with zero attached hydrogens (tertiary/aromatic N) is 1. The van der Waals surface area contributed by atoms with E-state index in [2.05, 4.69) is 5.32 Å². The van der Waals surface area contributed by atoms with Crippen molar-refractivity contribution >= 4 is 22.8 Å². The molecule has 19 heavy (non-hydrogen) atoms. The van der Waals surface area contributed by atoms with E-state index in [-0.39, 0.29) is 19.0 Å². The molecule has 100 valence electrons. The van der Waals surface area contributed by atoms with Gasteiger partial charge in [-0.25, -0.2) is 0 Å². The molecule has 0 fully saturated rings. The van der Waals surface area contributed by atoms with Crippen LogP contribution in [0.4, 0.5) is 0 Å². The number of fused-ring (bicyclic) bond motifs is 1. The number of amides is 1. The van der Waals surface area contributed by atoms with Gasteiger partial charge < -0.3 is 19.7 Å². The molecule has 0 unspecified atom stereocenters. The minimum atomic E-state index is -1.06. The molecule has 1 heterocycles. The Bertz CT molecular complexity index is 618. The van der Waals surface area contributed by atoms with Crippen molar-refractivity contribution in [1.82, 2.24) is 9.88 Å². The van der Waals surface area contributed by atoms with E-state index in [1.165, 1.54) is 0 Å². The van der Waals surface area contributed by atoms with Gasteiger partial charge in [0.25, 0.3) is 0 Å². The Kier molecular flexibility index (Phi) is 3.70. The van der Waals surface area contributed by atoms with Crippen molar-refractivity contribution in [2.75, 3.05) is 13.7 Å². The third-order valence-corrected chi connectivity index (χ3v) is 2.73. The first-order chi connectivity index (χ1) is 9.10. The molecular weight excluding hydrogens is 248 g/mol. The van der Waals surface area contributed by atoms with Crippen molar-refractivity contribution < 1.29 is 19.4 Å². The third kappa shape index (κ3) is 3.04. The summed E-state index contributed by atoms with van der Waals surface area (Å²) in [5, 5.41) is 11.8. The zero-order valence-corrected chi connectivity index (χ0v) is 10.4. The molecule has 0 aliphatic carbocycles. The number of nitrogens with one attached hydrogen (secondary N) is 1. The maximum atomic E-state index is 11.6. The van der Waals surface area contributed by atoms with Gasteiger partial charge in [0.05, 0.1) is 7.11 Å². The van der Waals surface area contributed by atoms with Gasteiger partial charge in [-0.15, -0.1) is 0 Å². The average Bonchev–Trinajstić information content (AvgIpc) is 2.78. The first-order valence-corrected chi connectivity index (χ1v) is 5.71. The number of carbonyl (C=O) groups is 2. The second-order valence-electron chi connectivity index (χ2n) is 4.04. The van der Waals surface area contributed by atoms with Crippen LogP contribution in [0, 0.1) is 0 Å². The number of hydrogen-bond donors (Lipinski definition) is 2. The monoisotopic (exact) mass is 262 g/mol. The number of aromatic nitrogens is 1. The van der Waals surface area contributed by atoms with Crippen LogP contribution in [0.15, 0.2) is 30.5 Å². The molecular formula is C13H14N2O4. The summed E-state index contributed by atoms with van der Waals surface area (Å²) in [6.45, 7) is -0.283. The van der Waals surface area contributed by atoms with Crippen molar-refractivity contribution in [3.8, 4) is 5.75 Å². The lowest BCUT2D eigenvalue weighted by Gasteiger charge is -2.06.